The third-order valence-electron chi connectivity index (χ3n) is 3.67. The van der Waals surface area contributed by atoms with Gasteiger partial charge in [-0.15, -0.1) is 0 Å². The summed E-state index contributed by atoms with van der Waals surface area (Å²) in [5, 5.41) is 0. The van der Waals surface area contributed by atoms with Gasteiger partial charge >= 0.3 is 0 Å². The Balaban J connectivity index is 1.76. The van der Waals surface area contributed by atoms with Crippen molar-refractivity contribution in [3.63, 3.8) is 0 Å². The molecule has 0 radical (unpaired) electrons. The van der Waals surface area contributed by atoms with E-state index in [1.807, 2.05) is 30.7 Å². The van der Waals surface area contributed by atoms with Crippen molar-refractivity contribution in [3.05, 3.63) is 54.1 Å². The van der Waals surface area contributed by atoms with Crippen LogP contribution in [0.2, 0.25) is 0 Å². The minimum Gasteiger partial charge on any atom is -0.379 e. The minimum atomic E-state index is -0.0227. The second-order valence-corrected chi connectivity index (χ2v) is 5.04. The third-order valence-corrected chi connectivity index (χ3v) is 3.67. The predicted octanol–water partition coefficient (Wildman–Crippen LogP) is 2.09. The predicted molar refractivity (Wildman–Crippen MR) is 73.8 cm³/mol. The molecule has 1 fully saturated rings. The first-order chi connectivity index (χ1) is 9.34. The molecule has 4 heteroatoms. The molecule has 2 atom stereocenters. The first kappa shape index (κ1) is 12.4. The molecule has 0 bridgehead atoms. The maximum absolute atomic E-state index is 6.34. The summed E-state index contributed by atoms with van der Waals surface area (Å²) >= 11 is 0. The van der Waals surface area contributed by atoms with Gasteiger partial charge in [-0.2, -0.15) is 0 Å². The van der Waals surface area contributed by atoms with Crippen molar-refractivity contribution in [3.8, 4) is 0 Å². The molecule has 0 amide bonds. The topological polar surface area (TPSA) is 53.1 Å². The summed E-state index contributed by atoms with van der Waals surface area (Å²) < 4.78 is 7.63. The normalized spacial score (nSPS) is 20.6. The maximum atomic E-state index is 6.34. The fourth-order valence-corrected chi connectivity index (χ4v) is 2.62. The van der Waals surface area contributed by atoms with Crippen LogP contribution in [0.1, 0.15) is 29.8 Å². The SMILES string of the molecule is N[C@H](Cc1ccccc1)c1cncn1C1CCOC1. The van der Waals surface area contributed by atoms with E-state index in [9.17, 15) is 0 Å². The quantitative estimate of drug-likeness (QED) is 0.912. The van der Waals surface area contributed by atoms with E-state index in [0.29, 0.717) is 6.04 Å². The molecule has 2 heterocycles. The fraction of sp³-hybridized carbons (Fsp3) is 0.400. The Morgan fingerprint density at radius 3 is 2.95 bits per heavy atom. The number of hydrogen-bond donors (Lipinski definition) is 1. The summed E-state index contributed by atoms with van der Waals surface area (Å²) in [5.74, 6) is 0. The Morgan fingerprint density at radius 1 is 1.37 bits per heavy atom. The van der Waals surface area contributed by atoms with Crippen molar-refractivity contribution in [2.45, 2.75) is 24.9 Å². The molecule has 0 saturated carbocycles. The van der Waals surface area contributed by atoms with Crippen LogP contribution < -0.4 is 5.73 Å². The van der Waals surface area contributed by atoms with E-state index in [1.165, 1.54) is 5.56 Å². The average Bonchev–Trinajstić information content (AvgIpc) is 3.10. The molecule has 1 aliphatic rings. The highest BCUT2D eigenvalue weighted by Crippen LogP contribution is 2.24. The van der Waals surface area contributed by atoms with Crippen LogP contribution in [0.4, 0.5) is 0 Å². The van der Waals surface area contributed by atoms with Crippen LogP contribution in [0.25, 0.3) is 0 Å². The first-order valence-corrected chi connectivity index (χ1v) is 6.73. The van der Waals surface area contributed by atoms with E-state index >= 15 is 0 Å². The second-order valence-electron chi connectivity index (χ2n) is 5.04. The average molecular weight is 257 g/mol. The standard InChI is InChI=1S/C15H19N3O/c16-14(8-12-4-2-1-3-5-12)15-9-17-11-18(15)13-6-7-19-10-13/h1-5,9,11,13-14H,6-8,10,16H2/t13?,14-/m1/s1. The summed E-state index contributed by atoms with van der Waals surface area (Å²) in [4.78, 5) is 4.26. The van der Waals surface area contributed by atoms with E-state index in [-0.39, 0.29) is 6.04 Å². The van der Waals surface area contributed by atoms with Crippen LogP contribution in [0.15, 0.2) is 42.9 Å². The van der Waals surface area contributed by atoms with Gasteiger partial charge in [-0.05, 0) is 18.4 Å². The molecule has 1 aromatic heterocycles. The van der Waals surface area contributed by atoms with E-state index in [1.54, 1.807) is 0 Å². The number of hydrogen-bond acceptors (Lipinski definition) is 3. The van der Waals surface area contributed by atoms with Gasteiger partial charge in [0.25, 0.3) is 0 Å². The Morgan fingerprint density at radius 2 is 2.21 bits per heavy atom. The Kier molecular flexibility index (Phi) is 3.62. The molecule has 0 aliphatic carbocycles. The highest BCUT2D eigenvalue weighted by atomic mass is 16.5. The number of rotatable bonds is 4. The van der Waals surface area contributed by atoms with E-state index < -0.39 is 0 Å². The molecule has 1 unspecified atom stereocenters. The molecule has 1 aromatic carbocycles. The Bertz CT molecular complexity index is 517. The van der Waals surface area contributed by atoms with Gasteiger partial charge in [-0.25, -0.2) is 4.98 Å². The van der Waals surface area contributed by atoms with Gasteiger partial charge in [0.2, 0.25) is 0 Å². The zero-order valence-electron chi connectivity index (χ0n) is 10.9. The molecule has 2 N–H and O–H groups in total. The molecule has 3 rings (SSSR count). The highest BCUT2D eigenvalue weighted by Gasteiger charge is 2.22. The number of imidazole rings is 1. The van der Waals surface area contributed by atoms with Crippen LogP contribution in [-0.2, 0) is 11.2 Å². The fourth-order valence-electron chi connectivity index (χ4n) is 2.62. The molecule has 19 heavy (non-hydrogen) atoms. The number of nitrogens with zero attached hydrogens (tertiary/aromatic N) is 2. The molecule has 2 aromatic rings. The van der Waals surface area contributed by atoms with Crippen molar-refractivity contribution < 1.29 is 4.74 Å². The van der Waals surface area contributed by atoms with Crippen molar-refractivity contribution >= 4 is 0 Å². The Labute approximate surface area is 113 Å². The lowest BCUT2D eigenvalue weighted by molar-refractivity contribution is 0.186. The zero-order valence-corrected chi connectivity index (χ0v) is 10.9. The summed E-state index contributed by atoms with van der Waals surface area (Å²) in [6.07, 6.45) is 5.63. The Hall–Kier alpha value is -1.65. The third kappa shape index (κ3) is 2.69. The lowest BCUT2D eigenvalue weighted by Crippen LogP contribution is -2.20. The molecule has 1 saturated heterocycles. The highest BCUT2D eigenvalue weighted by molar-refractivity contribution is 5.19. The summed E-state index contributed by atoms with van der Waals surface area (Å²) in [7, 11) is 0. The second kappa shape index (κ2) is 5.55. The minimum absolute atomic E-state index is 0.0227. The van der Waals surface area contributed by atoms with Crippen molar-refractivity contribution in [1.82, 2.24) is 9.55 Å². The van der Waals surface area contributed by atoms with Gasteiger partial charge in [-0.3, -0.25) is 0 Å². The van der Waals surface area contributed by atoms with E-state index in [0.717, 1.165) is 31.7 Å². The molecular weight excluding hydrogens is 238 g/mol. The van der Waals surface area contributed by atoms with Gasteiger partial charge in [0.05, 0.1) is 30.7 Å². The van der Waals surface area contributed by atoms with Gasteiger partial charge in [0.1, 0.15) is 0 Å². The molecule has 4 nitrogen and oxygen atoms in total. The van der Waals surface area contributed by atoms with Crippen LogP contribution in [-0.4, -0.2) is 22.8 Å². The monoisotopic (exact) mass is 257 g/mol. The zero-order chi connectivity index (χ0) is 13.1. The number of nitrogens with two attached hydrogens (primary N) is 1. The summed E-state index contributed by atoms with van der Waals surface area (Å²) in [6.45, 7) is 1.59. The van der Waals surface area contributed by atoms with Gasteiger partial charge in [-0.1, -0.05) is 30.3 Å². The van der Waals surface area contributed by atoms with E-state index in [4.69, 9.17) is 10.5 Å². The van der Waals surface area contributed by atoms with Gasteiger partial charge < -0.3 is 15.0 Å². The van der Waals surface area contributed by atoms with Crippen LogP contribution >= 0.6 is 0 Å². The van der Waals surface area contributed by atoms with Crippen molar-refractivity contribution in [2.24, 2.45) is 5.73 Å². The largest absolute Gasteiger partial charge is 0.379 e. The van der Waals surface area contributed by atoms with Crippen LogP contribution in [0, 0.1) is 0 Å². The molecule has 100 valence electrons. The number of ether oxygens (including phenoxy) is 1. The number of benzene rings is 1. The first-order valence-electron chi connectivity index (χ1n) is 6.73. The summed E-state index contributed by atoms with van der Waals surface area (Å²) in [5.41, 5.74) is 8.69. The van der Waals surface area contributed by atoms with Crippen molar-refractivity contribution in [2.75, 3.05) is 13.2 Å². The lowest BCUT2D eigenvalue weighted by atomic mass is 10.0. The molecule has 0 spiro atoms. The summed E-state index contributed by atoms with van der Waals surface area (Å²) in [6, 6.07) is 10.7. The molecule has 1 aliphatic heterocycles. The van der Waals surface area contributed by atoms with Crippen LogP contribution in [0.5, 0.6) is 0 Å². The van der Waals surface area contributed by atoms with Gasteiger partial charge in [0, 0.05) is 12.8 Å². The van der Waals surface area contributed by atoms with Crippen LogP contribution in [0.3, 0.4) is 0 Å². The lowest BCUT2D eigenvalue weighted by Gasteiger charge is -2.18. The number of aromatic nitrogens is 2. The molecular formula is C15H19N3O. The van der Waals surface area contributed by atoms with Gasteiger partial charge in [0.15, 0.2) is 0 Å². The smallest absolute Gasteiger partial charge is 0.0952 e. The maximum Gasteiger partial charge on any atom is 0.0952 e. The van der Waals surface area contributed by atoms with E-state index in [2.05, 4.69) is 21.7 Å². The van der Waals surface area contributed by atoms with Crippen molar-refractivity contribution in [1.29, 1.82) is 0 Å².